The van der Waals surface area contributed by atoms with Crippen LogP contribution >= 0.6 is 0 Å². The number of hydrogen-bond acceptors (Lipinski definition) is 2. The molecule has 0 radical (unpaired) electrons. The summed E-state index contributed by atoms with van der Waals surface area (Å²) >= 11 is 0. The minimum Gasteiger partial charge on any atom is -0.496 e. The summed E-state index contributed by atoms with van der Waals surface area (Å²) in [6.45, 7) is 0. The lowest BCUT2D eigenvalue weighted by molar-refractivity contribution is 0.407. The molecule has 0 heterocycles. The first-order valence-electron chi connectivity index (χ1n) is 6.90. The van der Waals surface area contributed by atoms with Crippen LogP contribution in [0.2, 0.25) is 0 Å². The summed E-state index contributed by atoms with van der Waals surface area (Å²) in [4.78, 5) is 0. The standard InChI is InChI=1S/C16H23NO/c1-18-15-12-8-7-11-14(15)16(17)13-9-5-3-2-4-6-10-13/h7-9,11-12,16H,2-6,10,17H2,1H3/b13-9+. The Morgan fingerprint density at radius 1 is 1.11 bits per heavy atom. The van der Waals surface area contributed by atoms with Gasteiger partial charge in [0, 0.05) is 5.56 Å². The van der Waals surface area contributed by atoms with Crippen molar-refractivity contribution in [3.8, 4) is 5.75 Å². The van der Waals surface area contributed by atoms with Crippen LogP contribution in [0.15, 0.2) is 35.9 Å². The monoisotopic (exact) mass is 245 g/mol. The van der Waals surface area contributed by atoms with Gasteiger partial charge in [-0.1, -0.05) is 42.7 Å². The van der Waals surface area contributed by atoms with Crippen LogP contribution in [-0.4, -0.2) is 7.11 Å². The first kappa shape index (κ1) is 13.2. The van der Waals surface area contributed by atoms with Gasteiger partial charge in [0.05, 0.1) is 13.2 Å². The van der Waals surface area contributed by atoms with Crippen molar-refractivity contribution in [2.75, 3.05) is 7.11 Å². The average molecular weight is 245 g/mol. The Morgan fingerprint density at radius 2 is 1.89 bits per heavy atom. The Bertz CT molecular complexity index is 411. The van der Waals surface area contributed by atoms with Gasteiger partial charge in [0.25, 0.3) is 0 Å². The summed E-state index contributed by atoms with van der Waals surface area (Å²) in [6, 6.07) is 8.06. The molecule has 1 aromatic rings. The van der Waals surface area contributed by atoms with Crippen LogP contribution in [0.3, 0.4) is 0 Å². The zero-order valence-electron chi connectivity index (χ0n) is 11.2. The van der Waals surface area contributed by atoms with Gasteiger partial charge in [0.2, 0.25) is 0 Å². The van der Waals surface area contributed by atoms with E-state index in [4.69, 9.17) is 10.5 Å². The van der Waals surface area contributed by atoms with Gasteiger partial charge in [-0.25, -0.2) is 0 Å². The number of hydrogen-bond donors (Lipinski definition) is 1. The molecule has 1 atom stereocenters. The van der Waals surface area contributed by atoms with E-state index >= 15 is 0 Å². The average Bonchev–Trinajstić information content (AvgIpc) is 2.37. The molecular formula is C16H23NO. The van der Waals surface area contributed by atoms with Crippen molar-refractivity contribution in [2.45, 2.75) is 44.6 Å². The molecule has 1 aromatic carbocycles. The fraction of sp³-hybridized carbons (Fsp3) is 0.500. The number of methoxy groups -OCH3 is 1. The fourth-order valence-electron chi connectivity index (χ4n) is 2.62. The van der Waals surface area contributed by atoms with Crippen LogP contribution in [0.5, 0.6) is 5.75 Å². The largest absolute Gasteiger partial charge is 0.496 e. The Balaban J connectivity index is 2.20. The van der Waals surface area contributed by atoms with E-state index in [0.717, 1.165) is 24.2 Å². The quantitative estimate of drug-likeness (QED) is 0.818. The third-order valence-electron chi connectivity index (χ3n) is 3.70. The minimum absolute atomic E-state index is 0.0146. The van der Waals surface area contributed by atoms with E-state index < -0.39 is 0 Å². The summed E-state index contributed by atoms with van der Waals surface area (Å²) < 4.78 is 5.41. The second-order valence-corrected chi connectivity index (χ2v) is 4.95. The Hall–Kier alpha value is -1.28. The highest BCUT2D eigenvalue weighted by molar-refractivity contribution is 5.40. The van der Waals surface area contributed by atoms with Gasteiger partial charge in [-0.3, -0.25) is 0 Å². The topological polar surface area (TPSA) is 35.2 Å². The number of nitrogens with two attached hydrogens (primary N) is 1. The lowest BCUT2D eigenvalue weighted by Crippen LogP contribution is -2.15. The van der Waals surface area contributed by atoms with Crippen molar-refractivity contribution in [3.63, 3.8) is 0 Å². The first-order chi connectivity index (χ1) is 8.83. The molecule has 0 saturated carbocycles. The van der Waals surface area contributed by atoms with Crippen LogP contribution in [0.1, 0.15) is 50.1 Å². The van der Waals surface area contributed by atoms with Crippen LogP contribution in [0.25, 0.3) is 0 Å². The third-order valence-corrected chi connectivity index (χ3v) is 3.70. The minimum atomic E-state index is -0.0146. The summed E-state index contributed by atoms with van der Waals surface area (Å²) in [5, 5.41) is 0. The van der Waals surface area contributed by atoms with Gasteiger partial charge >= 0.3 is 0 Å². The number of para-hydroxylation sites is 1. The molecule has 2 N–H and O–H groups in total. The Morgan fingerprint density at radius 3 is 2.72 bits per heavy atom. The molecule has 0 aliphatic heterocycles. The smallest absolute Gasteiger partial charge is 0.123 e. The predicted octanol–water partition coefficient (Wildman–Crippen LogP) is 3.98. The van der Waals surface area contributed by atoms with E-state index in [2.05, 4.69) is 12.1 Å². The molecule has 18 heavy (non-hydrogen) atoms. The van der Waals surface area contributed by atoms with Crippen molar-refractivity contribution < 1.29 is 4.74 Å². The van der Waals surface area contributed by atoms with Crippen molar-refractivity contribution >= 4 is 0 Å². The van der Waals surface area contributed by atoms with Gasteiger partial charge in [0.15, 0.2) is 0 Å². The van der Waals surface area contributed by atoms with E-state index in [1.807, 2.05) is 18.2 Å². The molecular weight excluding hydrogens is 222 g/mol. The second-order valence-electron chi connectivity index (χ2n) is 4.95. The molecule has 2 rings (SSSR count). The Kier molecular flexibility index (Phi) is 4.82. The number of ether oxygens (including phenoxy) is 1. The van der Waals surface area contributed by atoms with E-state index in [1.54, 1.807) is 7.11 Å². The van der Waals surface area contributed by atoms with Crippen molar-refractivity contribution in [1.82, 2.24) is 0 Å². The zero-order chi connectivity index (χ0) is 12.8. The van der Waals surface area contributed by atoms with Gasteiger partial charge in [-0.15, -0.1) is 0 Å². The van der Waals surface area contributed by atoms with Gasteiger partial charge in [-0.05, 0) is 31.7 Å². The molecule has 2 heteroatoms. The van der Waals surface area contributed by atoms with Gasteiger partial charge in [0.1, 0.15) is 5.75 Å². The molecule has 1 aliphatic carbocycles. The Labute approximate surface area is 110 Å². The van der Waals surface area contributed by atoms with Crippen molar-refractivity contribution in [1.29, 1.82) is 0 Å². The lowest BCUT2D eigenvalue weighted by atomic mass is 9.91. The lowest BCUT2D eigenvalue weighted by Gasteiger charge is -2.20. The summed E-state index contributed by atoms with van der Waals surface area (Å²) in [5.41, 5.74) is 8.90. The fourth-order valence-corrected chi connectivity index (χ4v) is 2.62. The second kappa shape index (κ2) is 6.60. The molecule has 1 unspecified atom stereocenters. The molecule has 1 aliphatic rings. The molecule has 98 valence electrons. The predicted molar refractivity (Wildman–Crippen MR) is 75.7 cm³/mol. The molecule has 0 spiro atoms. The number of rotatable bonds is 3. The third kappa shape index (κ3) is 3.14. The van der Waals surface area contributed by atoms with E-state index in [9.17, 15) is 0 Å². The highest BCUT2D eigenvalue weighted by Crippen LogP contribution is 2.31. The molecule has 0 amide bonds. The molecule has 0 fully saturated rings. The first-order valence-corrected chi connectivity index (χ1v) is 6.90. The maximum atomic E-state index is 6.42. The highest BCUT2D eigenvalue weighted by Gasteiger charge is 2.16. The molecule has 0 saturated heterocycles. The van der Waals surface area contributed by atoms with E-state index in [0.29, 0.717) is 0 Å². The van der Waals surface area contributed by atoms with Gasteiger partial charge in [-0.2, -0.15) is 0 Å². The highest BCUT2D eigenvalue weighted by atomic mass is 16.5. The van der Waals surface area contributed by atoms with Crippen LogP contribution < -0.4 is 10.5 Å². The number of benzene rings is 1. The summed E-state index contributed by atoms with van der Waals surface area (Å²) in [7, 11) is 1.71. The van der Waals surface area contributed by atoms with Crippen LogP contribution in [0, 0.1) is 0 Å². The summed E-state index contributed by atoms with van der Waals surface area (Å²) in [6.07, 6.45) is 9.87. The van der Waals surface area contributed by atoms with Crippen LogP contribution in [-0.2, 0) is 0 Å². The molecule has 0 aromatic heterocycles. The van der Waals surface area contributed by atoms with Crippen molar-refractivity contribution in [2.24, 2.45) is 5.73 Å². The van der Waals surface area contributed by atoms with Gasteiger partial charge < -0.3 is 10.5 Å². The van der Waals surface area contributed by atoms with E-state index in [1.165, 1.54) is 31.3 Å². The summed E-state index contributed by atoms with van der Waals surface area (Å²) in [5.74, 6) is 0.896. The van der Waals surface area contributed by atoms with Crippen LogP contribution in [0.4, 0.5) is 0 Å². The zero-order valence-corrected chi connectivity index (χ0v) is 11.2. The molecule has 2 nitrogen and oxygen atoms in total. The maximum absolute atomic E-state index is 6.42. The SMILES string of the molecule is COc1ccccc1C(N)/C1=C/CCCCCC1. The van der Waals surface area contributed by atoms with E-state index in [-0.39, 0.29) is 6.04 Å². The maximum Gasteiger partial charge on any atom is 0.123 e. The van der Waals surface area contributed by atoms with Crippen molar-refractivity contribution in [3.05, 3.63) is 41.5 Å². The molecule has 0 bridgehead atoms. The normalized spacial score (nSPS) is 21.3. The number of allylic oxidation sites excluding steroid dienone is 1.